The van der Waals surface area contributed by atoms with E-state index in [0.717, 1.165) is 25.4 Å². The number of fused-ring (bicyclic) bond motifs is 1. The minimum atomic E-state index is -0.256. The summed E-state index contributed by atoms with van der Waals surface area (Å²) < 4.78 is 7.50. The Kier molecular flexibility index (Phi) is 5.56. The third-order valence-electron chi connectivity index (χ3n) is 4.15. The lowest BCUT2D eigenvalue weighted by Gasteiger charge is -2.15. The Morgan fingerprint density at radius 3 is 2.97 bits per heavy atom. The van der Waals surface area contributed by atoms with Gasteiger partial charge in [-0.1, -0.05) is 29.7 Å². The van der Waals surface area contributed by atoms with Crippen LogP contribution in [0.3, 0.4) is 0 Å². The SMILES string of the molecule is C=C1SC(Cc2nc(Br)sc2OC)=NN(C)c2c1cnn(Cc1cc[nH]n1)c2=O. The zero-order valence-corrected chi connectivity index (χ0v) is 18.8. The van der Waals surface area contributed by atoms with E-state index in [1.807, 2.05) is 0 Å². The lowest BCUT2D eigenvalue weighted by Crippen LogP contribution is -2.30. The Balaban J connectivity index is 1.68. The quantitative estimate of drug-likeness (QED) is 0.582. The van der Waals surface area contributed by atoms with Crippen LogP contribution >= 0.6 is 39.0 Å². The van der Waals surface area contributed by atoms with E-state index in [0.29, 0.717) is 22.6 Å². The van der Waals surface area contributed by atoms with Crippen molar-refractivity contribution in [3.63, 3.8) is 0 Å². The molecule has 0 atom stereocenters. The highest BCUT2D eigenvalue weighted by Crippen LogP contribution is 2.37. The molecule has 1 aliphatic rings. The maximum atomic E-state index is 13.1. The molecule has 0 amide bonds. The molecule has 12 heteroatoms. The lowest BCUT2D eigenvalue weighted by molar-refractivity contribution is 0.422. The van der Waals surface area contributed by atoms with Crippen LogP contribution in [0, 0.1) is 0 Å². The van der Waals surface area contributed by atoms with Crippen molar-refractivity contribution in [2.24, 2.45) is 5.10 Å². The largest absolute Gasteiger partial charge is 0.486 e. The van der Waals surface area contributed by atoms with Crippen LogP contribution in [0.1, 0.15) is 17.0 Å². The third kappa shape index (κ3) is 4.00. The molecule has 0 unspecified atom stereocenters. The number of thiazole rings is 1. The van der Waals surface area contributed by atoms with Crippen LogP contribution in [-0.4, -0.2) is 44.2 Å². The number of halogens is 1. The first-order chi connectivity index (χ1) is 14.0. The van der Waals surface area contributed by atoms with E-state index in [-0.39, 0.29) is 12.1 Å². The molecule has 1 N–H and O–H groups in total. The molecule has 3 aromatic rings. The molecule has 3 aromatic heterocycles. The number of thioether (sulfide) groups is 1. The third-order valence-corrected chi connectivity index (χ3v) is 6.59. The molecule has 0 aromatic carbocycles. The standard InChI is InChI=1S/C17H16BrN7O2S2/c1-9-11-7-20-25(8-10-4-5-19-22-10)15(26)14(11)24(2)23-13(28-9)6-12-16(27-3)29-17(18)21-12/h4-5,7H,1,6,8H2,2-3H3,(H,19,22). The van der Waals surface area contributed by atoms with Gasteiger partial charge >= 0.3 is 0 Å². The molecule has 0 spiro atoms. The fourth-order valence-electron chi connectivity index (χ4n) is 2.87. The van der Waals surface area contributed by atoms with Crippen molar-refractivity contribution >= 4 is 54.7 Å². The maximum Gasteiger partial charge on any atom is 0.293 e. The summed E-state index contributed by atoms with van der Waals surface area (Å²) in [6, 6.07) is 1.80. The summed E-state index contributed by atoms with van der Waals surface area (Å²) in [5, 5.41) is 18.8. The number of aromatic amines is 1. The Morgan fingerprint density at radius 2 is 2.24 bits per heavy atom. The number of hydrogen-bond donors (Lipinski definition) is 1. The average molecular weight is 494 g/mol. The van der Waals surface area contributed by atoms with E-state index in [4.69, 9.17) is 4.74 Å². The van der Waals surface area contributed by atoms with Crippen molar-refractivity contribution in [1.29, 1.82) is 0 Å². The molecular weight excluding hydrogens is 478 g/mol. The van der Waals surface area contributed by atoms with Gasteiger partial charge in [-0.2, -0.15) is 15.3 Å². The number of anilines is 1. The lowest BCUT2D eigenvalue weighted by atomic mass is 10.2. The predicted molar refractivity (Wildman–Crippen MR) is 119 cm³/mol. The van der Waals surface area contributed by atoms with Crippen molar-refractivity contribution in [3.8, 4) is 5.06 Å². The van der Waals surface area contributed by atoms with Gasteiger partial charge in [-0.3, -0.25) is 14.9 Å². The molecule has 0 fully saturated rings. The van der Waals surface area contributed by atoms with Gasteiger partial charge in [-0.05, 0) is 22.0 Å². The van der Waals surface area contributed by atoms with Crippen LogP contribution in [0.5, 0.6) is 5.06 Å². The fourth-order valence-corrected chi connectivity index (χ4v) is 5.07. The number of ether oxygens (including phenoxy) is 1. The number of aromatic nitrogens is 5. The molecule has 0 saturated carbocycles. The van der Waals surface area contributed by atoms with Crippen molar-refractivity contribution in [2.75, 3.05) is 19.2 Å². The number of H-pyrrole nitrogens is 1. The summed E-state index contributed by atoms with van der Waals surface area (Å²) in [5.74, 6) is 0. The minimum Gasteiger partial charge on any atom is -0.486 e. The number of rotatable bonds is 5. The topological polar surface area (TPSA) is 101 Å². The van der Waals surface area contributed by atoms with Gasteiger partial charge in [0.1, 0.15) is 16.4 Å². The summed E-state index contributed by atoms with van der Waals surface area (Å²) in [4.78, 5) is 18.2. The predicted octanol–water partition coefficient (Wildman–Crippen LogP) is 2.95. The van der Waals surface area contributed by atoms with Crippen molar-refractivity contribution in [3.05, 3.63) is 56.3 Å². The molecule has 1 aliphatic heterocycles. The molecule has 9 nitrogen and oxygen atoms in total. The number of hydrogen-bond acceptors (Lipinski definition) is 9. The first kappa shape index (κ1) is 19.9. The highest BCUT2D eigenvalue weighted by Gasteiger charge is 2.24. The number of methoxy groups -OCH3 is 1. The Morgan fingerprint density at radius 1 is 1.41 bits per heavy atom. The van der Waals surface area contributed by atoms with Crippen LogP contribution in [-0.2, 0) is 13.0 Å². The van der Waals surface area contributed by atoms with Gasteiger partial charge in [0.2, 0.25) is 0 Å². The highest BCUT2D eigenvalue weighted by atomic mass is 79.9. The first-order valence-corrected chi connectivity index (χ1v) is 10.8. The van der Waals surface area contributed by atoms with Gasteiger partial charge in [0.05, 0.1) is 25.5 Å². The van der Waals surface area contributed by atoms with Gasteiger partial charge in [-0.15, -0.1) is 0 Å². The van der Waals surface area contributed by atoms with Gasteiger partial charge < -0.3 is 4.74 Å². The van der Waals surface area contributed by atoms with Crippen LogP contribution in [0.15, 0.2) is 38.9 Å². The summed E-state index contributed by atoms with van der Waals surface area (Å²) in [6.45, 7) is 4.40. The monoisotopic (exact) mass is 493 g/mol. The highest BCUT2D eigenvalue weighted by molar-refractivity contribution is 9.11. The second-order valence-corrected chi connectivity index (χ2v) is 9.47. The van der Waals surface area contributed by atoms with E-state index < -0.39 is 0 Å². The summed E-state index contributed by atoms with van der Waals surface area (Å²) in [6.07, 6.45) is 3.81. The van der Waals surface area contributed by atoms with Crippen LogP contribution in [0.4, 0.5) is 5.69 Å². The number of nitrogens with zero attached hydrogens (tertiary/aromatic N) is 6. The van der Waals surface area contributed by atoms with E-state index in [1.54, 1.807) is 37.6 Å². The summed E-state index contributed by atoms with van der Waals surface area (Å²) >= 11 is 6.20. The fraction of sp³-hybridized carbons (Fsp3) is 0.235. The summed E-state index contributed by atoms with van der Waals surface area (Å²) in [7, 11) is 3.35. The molecule has 4 rings (SSSR count). The van der Waals surface area contributed by atoms with E-state index >= 15 is 0 Å². The smallest absolute Gasteiger partial charge is 0.293 e. The van der Waals surface area contributed by atoms with Crippen molar-refractivity contribution in [1.82, 2.24) is 25.0 Å². The minimum absolute atomic E-state index is 0.256. The Labute approximate surface area is 182 Å². The molecule has 4 heterocycles. The number of hydrazone groups is 1. The molecule has 0 bridgehead atoms. The molecule has 0 radical (unpaired) electrons. The zero-order chi connectivity index (χ0) is 20.5. The van der Waals surface area contributed by atoms with Crippen LogP contribution in [0.2, 0.25) is 0 Å². The van der Waals surface area contributed by atoms with E-state index in [9.17, 15) is 4.79 Å². The van der Waals surface area contributed by atoms with E-state index in [1.165, 1.54) is 27.8 Å². The van der Waals surface area contributed by atoms with Gasteiger partial charge in [0, 0.05) is 30.1 Å². The molecule has 0 aliphatic carbocycles. The maximum absolute atomic E-state index is 13.1. The zero-order valence-electron chi connectivity index (χ0n) is 15.5. The van der Waals surface area contributed by atoms with E-state index in [2.05, 4.69) is 47.9 Å². The normalized spacial score (nSPS) is 13.8. The second-order valence-electron chi connectivity index (χ2n) is 6.06. The van der Waals surface area contributed by atoms with Crippen molar-refractivity contribution < 1.29 is 4.74 Å². The number of nitrogens with one attached hydrogen (secondary N) is 1. The van der Waals surface area contributed by atoms with Gasteiger partial charge in [-0.25, -0.2) is 9.67 Å². The van der Waals surface area contributed by atoms with Crippen LogP contribution < -0.4 is 15.3 Å². The summed E-state index contributed by atoms with van der Waals surface area (Å²) in [5.41, 5.74) is 2.32. The van der Waals surface area contributed by atoms with Crippen LogP contribution in [0.25, 0.3) is 4.91 Å². The molecule has 0 saturated heterocycles. The van der Waals surface area contributed by atoms with Gasteiger partial charge in [0.15, 0.2) is 8.98 Å². The molecule has 150 valence electrons. The second kappa shape index (κ2) is 8.13. The Hall–Kier alpha value is -2.44. The van der Waals surface area contributed by atoms with Crippen molar-refractivity contribution in [2.45, 2.75) is 13.0 Å². The molecule has 29 heavy (non-hydrogen) atoms. The molecular formula is C17H16BrN7O2S2. The first-order valence-electron chi connectivity index (χ1n) is 8.42. The van der Waals surface area contributed by atoms with Gasteiger partial charge in [0.25, 0.3) is 5.56 Å². The Bertz CT molecular complexity index is 1150. The average Bonchev–Trinajstić information content (AvgIpc) is 3.29.